The molecule has 2 aromatic rings. The second-order valence-electron chi connectivity index (χ2n) is 4.51. The normalized spacial score (nSPS) is 10.3. The van der Waals surface area contributed by atoms with Crippen LogP contribution in [0.25, 0.3) is 0 Å². The minimum absolute atomic E-state index is 0.0123. The standard InChI is InChI=1S/C15H12FNO3/c1-10-2-7-14(16)13(8-10)15(18)9-11-3-5-12(6-4-11)17(19)20/h2-8H,9H2,1H3. The van der Waals surface area contributed by atoms with E-state index >= 15 is 0 Å². The van der Waals surface area contributed by atoms with E-state index in [1.54, 1.807) is 13.0 Å². The van der Waals surface area contributed by atoms with Crippen molar-refractivity contribution in [2.75, 3.05) is 0 Å². The van der Waals surface area contributed by atoms with Gasteiger partial charge >= 0.3 is 0 Å². The molecule has 0 aromatic heterocycles. The summed E-state index contributed by atoms with van der Waals surface area (Å²) < 4.78 is 13.6. The van der Waals surface area contributed by atoms with Crippen LogP contribution in [0.3, 0.4) is 0 Å². The van der Waals surface area contributed by atoms with E-state index in [0.29, 0.717) is 5.56 Å². The number of Topliss-reactive ketones (excluding diaryl/α,β-unsaturated/α-hetero) is 1. The number of ketones is 1. The van der Waals surface area contributed by atoms with Crippen LogP contribution in [0.15, 0.2) is 42.5 Å². The Bertz CT molecular complexity index is 665. The number of carbonyl (C=O) groups is 1. The van der Waals surface area contributed by atoms with E-state index in [9.17, 15) is 19.3 Å². The molecule has 4 nitrogen and oxygen atoms in total. The Morgan fingerprint density at radius 1 is 1.20 bits per heavy atom. The predicted octanol–water partition coefficient (Wildman–Crippen LogP) is 3.47. The lowest BCUT2D eigenvalue weighted by molar-refractivity contribution is -0.384. The largest absolute Gasteiger partial charge is 0.294 e. The lowest BCUT2D eigenvalue weighted by Gasteiger charge is -2.04. The van der Waals surface area contributed by atoms with Gasteiger partial charge in [-0.25, -0.2) is 4.39 Å². The highest BCUT2D eigenvalue weighted by Gasteiger charge is 2.13. The number of nitro groups is 1. The smallest absolute Gasteiger partial charge is 0.269 e. The van der Waals surface area contributed by atoms with E-state index in [2.05, 4.69) is 0 Å². The molecule has 2 rings (SSSR count). The second kappa shape index (κ2) is 5.61. The zero-order chi connectivity index (χ0) is 14.7. The number of non-ortho nitro benzene ring substituents is 1. The summed E-state index contributed by atoms with van der Waals surface area (Å²) in [5.41, 5.74) is 1.42. The van der Waals surface area contributed by atoms with Gasteiger partial charge in [-0.05, 0) is 24.6 Å². The third-order valence-electron chi connectivity index (χ3n) is 2.93. The number of carbonyl (C=O) groups excluding carboxylic acids is 1. The zero-order valence-corrected chi connectivity index (χ0v) is 10.8. The summed E-state index contributed by atoms with van der Waals surface area (Å²) in [5, 5.41) is 10.5. The van der Waals surface area contributed by atoms with Crippen LogP contribution in [0.5, 0.6) is 0 Å². The maximum absolute atomic E-state index is 13.6. The number of halogens is 1. The molecule has 0 aliphatic rings. The molecule has 0 aliphatic heterocycles. The average molecular weight is 273 g/mol. The Morgan fingerprint density at radius 3 is 2.45 bits per heavy atom. The first-order chi connectivity index (χ1) is 9.47. The van der Waals surface area contributed by atoms with Gasteiger partial charge in [0, 0.05) is 18.6 Å². The minimum Gasteiger partial charge on any atom is -0.294 e. The molecule has 5 heteroatoms. The maximum Gasteiger partial charge on any atom is 0.269 e. The number of hydrogen-bond acceptors (Lipinski definition) is 3. The summed E-state index contributed by atoms with van der Waals surface area (Å²) in [4.78, 5) is 22.1. The van der Waals surface area contributed by atoms with Crippen molar-refractivity contribution in [1.29, 1.82) is 0 Å². The molecule has 0 saturated carbocycles. The van der Waals surface area contributed by atoms with Crippen LogP contribution < -0.4 is 0 Å². The first-order valence-corrected chi connectivity index (χ1v) is 6.00. The van der Waals surface area contributed by atoms with Gasteiger partial charge in [-0.15, -0.1) is 0 Å². The Morgan fingerprint density at radius 2 is 1.85 bits per heavy atom. The van der Waals surface area contributed by atoms with Gasteiger partial charge in [-0.1, -0.05) is 23.8 Å². The van der Waals surface area contributed by atoms with E-state index in [0.717, 1.165) is 5.56 Å². The van der Waals surface area contributed by atoms with Crippen LogP contribution in [-0.4, -0.2) is 10.7 Å². The molecule has 0 aliphatic carbocycles. The molecule has 2 aromatic carbocycles. The van der Waals surface area contributed by atoms with E-state index in [1.165, 1.54) is 36.4 Å². The van der Waals surface area contributed by atoms with E-state index in [-0.39, 0.29) is 23.5 Å². The minimum atomic E-state index is -0.553. The summed E-state index contributed by atoms with van der Waals surface area (Å²) in [6, 6.07) is 10.0. The second-order valence-corrected chi connectivity index (χ2v) is 4.51. The summed E-state index contributed by atoms with van der Waals surface area (Å²) in [5.74, 6) is -0.900. The van der Waals surface area contributed by atoms with Gasteiger partial charge < -0.3 is 0 Å². The van der Waals surface area contributed by atoms with Gasteiger partial charge in [0.25, 0.3) is 5.69 Å². The van der Waals surface area contributed by atoms with Gasteiger partial charge in [0.15, 0.2) is 5.78 Å². The van der Waals surface area contributed by atoms with Gasteiger partial charge in [0.05, 0.1) is 10.5 Å². The monoisotopic (exact) mass is 273 g/mol. The fourth-order valence-electron chi connectivity index (χ4n) is 1.87. The van der Waals surface area contributed by atoms with E-state index < -0.39 is 10.7 Å². The van der Waals surface area contributed by atoms with Crippen molar-refractivity contribution < 1.29 is 14.1 Å². The van der Waals surface area contributed by atoms with E-state index in [4.69, 9.17) is 0 Å². The fraction of sp³-hybridized carbons (Fsp3) is 0.133. The molecule has 0 fully saturated rings. The average Bonchev–Trinajstić information content (AvgIpc) is 2.42. The molecule has 0 amide bonds. The van der Waals surface area contributed by atoms with Crippen LogP contribution in [0.4, 0.5) is 10.1 Å². The summed E-state index contributed by atoms with van der Waals surface area (Å²) in [6.07, 6.45) is 0.0123. The first-order valence-electron chi connectivity index (χ1n) is 6.00. The molecular formula is C15H12FNO3. The Labute approximate surface area is 115 Å². The van der Waals surface area contributed by atoms with Gasteiger partial charge in [-0.2, -0.15) is 0 Å². The van der Waals surface area contributed by atoms with Crippen molar-refractivity contribution in [3.63, 3.8) is 0 Å². The molecule has 0 heterocycles. The Hall–Kier alpha value is -2.56. The van der Waals surface area contributed by atoms with Crippen LogP contribution in [-0.2, 0) is 6.42 Å². The van der Waals surface area contributed by atoms with Crippen molar-refractivity contribution in [2.24, 2.45) is 0 Å². The molecule has 0 N–H and O–H groups in total. The lowest BCUT2D eigenvalue weighted by Crippen LogP contribution is -2.06. The topological polar surface area (TPSA) is 60.2 Å². The number of nitrogens with zero attached hydrogens (tertiary/aromatic N) is 1. The van der Waals surface area contributed by atoms with Gasteiger partial charge in [-0.3, -0.25) is 14.9 Å². The Balaban J connectivity index is 2.19. The van der Waals surface area contributed by atoms with Crippen LogP contribution in [0.1, 0.15) is 21.5 Å². The SMILES string of the molecule is Cc1ccc(F)c(C(=O)Cc2ccc([N+](=O)[O-])cc2)c1. The van der Waals surface area contributed by atoms with Crippen LogP contribution in [0, 0.1) is 22.9 Å². The van der Waals surface area contributed by atoms with Crippen molar-refractivity contribution >= 4 is 11.5 Å². The number of rotatable bonds is 4. The molecule has 0 unspecified atom stereocenters. The van der Waals surface area contributed by atoms with Crippen LogP contribution >= 0.6 is 0 Å². The highest BCUT2D eigenvalue weighted by Crippen LogP contribution is 2.16. The third-order valence-corrected chi connectivity index (χ3v) is 2.93. The molecule has 102 valence electrons. The van der Waals surface area contributed by atoms with Crippen molar-refractivity contribution in [3.05, 3.63) is 75.1 Å². The molecule has 20 heavy (non-hydrogen) atoms. The maximum atomic E-state index is 13.6. The highest BCUT2D eigenvalue weighted by molar-refractivity contribution is 5.97. The fourth-order valence-corrected chi connectivity index (χ4v) is 1.87. The number of hydrogen-bond donors (Lipinski definition) is 0. The zero-order valence-electron chi connectivity index (χ0n) is 10.8. The summed E-state index contributed by atoms with van der Waals surface area (Å²) in [6.45, 7) is 1.78. The highest BCUT2D eigenvalue weighted by atomic mass is 19.1. The quantitative estimate of drug-likeness (QED) is 0.487. The summed E-state index contributed by atoms with van der Waals surface area (Å²) in [7, 11) is 0. The van der Waals surface area contributed by atoms with Crippen molar-refractivity contribution in [3.8, 4) is 0 Å². The first kappa shape index (κ1) is 13.9. The lowest BCUT2D eigenvalue weighted by atomic mass is 10.0. The van der Waals surface area contributed by atoms with Gasteiger partial charge in [0.2, 0.25) is 0 Å². The van der Waals surface area contributed by atoms with Crippen molar-refractivity contribution in [2.45, 2.75) is 13.3 Å². The molecule has 0 radical (unpaired) electrons. The van der Waals surface area contributed by atoms with Crippen LogP contribution in [0.2, 0.25) is 0 Å². The van der Waals surface area contributed by atoms with Crippen molar-refractivity contribution in [1.82, 2.24) is 0 Å². The third kappa shape index (κ3) is 3.06. The molecule has 0 spiro atoms. The van der Waals surface area contributed by atoms with E-state index in [1.807, 2.05) is 0 Å². The predicted molar refractivity (Wildman–Crippen MR) is 72.3 cm³/mol. The molecule has 0 atom stereocenters. The molecule has 0 saturated heterocycles. The summed E-state index contributed by atoms with van der Waals surface area (Å²) >= 11 is 0. The molecular weight excluding hydrogens is 261 g/mol. The Kier molecular flexibility index (Phi) is 3.89. The van der Waals surface area contributed by atoms with Gasteiger partial charge in [0.1, 0.15) is 5.82 Å². The number of aryl methyl sites for hydroxylation is 1. The molecule has 0 bridgehead atoms. The number of benzene rings is 2. The number of nitro benzene ring substituents is 1.